The summed E-state index contributed by atoms with van der Waals surface area (Å²) in [5, 5.41) is 0. The van der Waals surface area contributed by atoms with Crippen molar-refractivity contribution in [2.24, 2.45) is 0 Å². The number of piperazine rings is 1. The number of aryl methyl sites for hydroxylation is 1. The van der Waals surface area contributed by atoms with Crippen LogP contribution in [0.15, 0.2) is 18.2 Å². The zero-order valence-electron chi connectivity index (χ0n) is 12.5. The quantitative estimate of drug-likeness (QED) is 0.751. The number of rotatable bonds is 1. The van der Waals surface area contributed by atoms with E-state index in [1.54, 1.807) is 0 Å². The monoisotopic (exact) mass is 246 g/mol. The minimum Gasteiger partial charge on any atom is -0.369 e. The van der Waals surface area contributed by atoms with Crippen LogP contribution >= 0.6 is 0 Å². The Morgan fingerprint density at radius 2 is 1.56 bits per heavy atom. The Morgan fingerprint density at radius 1 is 0.944 bits per heavy atom. The van der Waals surface area contributed by atoms with E-state index in [0.717, 1.165) is 13.1 Å². The lowest BCUT2D eigenvalue weighted by Gasteiger charge is -2.35. The van der Waals surface area contributed by atoms with Crippen LogP contribution in [0.2, 0.25) is 0 Å². The van der Waals surface area contributed by atoms with Crippen molar-refractivity contribution in [1.82, 2.24) is 4.90 Å². The SMILES string of the molecule is Cc1cc(N2CCN(C)CC2)cc(C(C)(C)C)c1. The molecule has 0 atom stereocenters. The Balaban J connectivity index is 2.25. The van der Waals surface area contributed by atoms with E-state index in [4.69, 9.17) is 0 Å². The maximum absolute atomic E-state index is 2.52. The van der Waals surface area contributed by atoms with E-state index in [1.165, 1.54) is 29.9 Å². The molecule has 1 saturated heterocycles. The number of nitrogens with zero attached hydrogens (tertiary/aromatic N) is 2. The number of benzene rings is 1. The highest BCUT2D eigenvalue weighted by Crippen LogP contribution is 2.28. The molecular formula is C16H26N2. The van der Waals surface area contributed by atoms with Crippen molar-refractivity contribution >= 4 is 5.69 Å². The summed E-state index contributed by atoms with van der Waals surface area (Å²) in [5.74, 6) is 0. The van der Waals surface area contributed by atoms with Gasteiger partial charge >= 0.3 is 0 Å². The van der Waals surface area contributed by atoms with Crippen LogP contribution in [-0.2, 0) is 5.41 Å². The van der Waals surface area contributed by atoms with Gasteiger partial charge in [-0.05, 0) is 42.6 Å². The molecule has 0 aromatic heterocycles. The summed E-state index contributed by atoms with van der Waals surface area (Å²) in [6.45, 7) is 13.7. The van der Waals surface area contributed by atoms with Gasteiger partial charge in [0.2, 0.25) is 0 Å². The highest BCUT2D eigenvalue weighted by atomic mass is 15.2. The minimum absolute atomic E-state index is 0.230. The van der Waals surface area contributed by atoms with Crippen molar-refractivity contribution in [2.75, 3.05) is 38.1 Å². The molecule has 2 nitrogen and oxygen atoms in total. The first-order chi connectivity index (χ1) is 8.36. The molecule has 0 aliphatic carbocycles. The molecule has 1 fully saturated rings. The first kappa shape index (κ1) is 13.4. The summed E-state index contributed by atoms with van der Waals surface area (Å²) in [6, 6.07) is 7.01. The van der Waals surface area contributed by atoms with Crippen molar-refractivity contribution < 1.29 is 0 Å². The summed E-state index contributed by atoms with van der Waals surface area (Å²) in [7, 11) is 2.20. The van der Waals surface area contributed by atoms with E-state index >= 15 is 0 Å². The molecule has 0 saturated carbocycles. The normalized spacial score (nSPS) is 18.2. The molecule has 0 unspecified atom stereocenters. The Kier molecular flexibility index (Phi) is 3.67. The van der Waals surface area contributed by atoms with E-state index in [2.05, 4.69) is 62.7 Å². The van der Waals surface area contributed by atoms with E-state index in [-0.39, 0.29) is 5.41 Å². The van der Waals surface area contributed by atoms with Gasteiger partial charge in [-0.3, -0.25) is 0 Å². The van der Waals surface area contributed by atoms with Gasteiger partial charge in [-0.15, -0.1) is 0 Å². The smallest absolute Gasteiger partial charge is 0.0372 e. The fourth-order valence-corrected chi connectivity index (χ4v) is 2.44. The first-order valence-corrected chi connectivity index (χ1v) is 6.92. The number of anilines is 1. The second-order valence-corrected chi connectivity index (χ2v) is 6.60. The fourth-order valence-electron chi connectivity index (χ4n) is 2.44. The van der Waals surface area contributed by atoms with Crippen LogP contribution in [0.1, 0.15) is 31.9 Å². The second kappa shape index (κ2) is 4.93. The molecule has 0 amide bonds. The lowest BCUT2D eigenvalue weighted by atomic mass is 9.86. The van der Waals surface area contributed by atoms with Crippen molar-refractivity contribution in [1.29, 1.82) is 0 Å². The van der Waals surface area contributed by atoms with Crippen molar-refractivity contribution in [3.8, 4) is 0 Å². The molecule has 1 aromatic rings. The highest BCUT2D eigenvalue weighted by molar-refractivity contribution is 5.52. The molecule has 2 heteroatoms. The largest absolute Gasteiger partial charge is 0.369 e. The summed E-state index contributed by atoms with van der Waals surface area (Å²) in [5.41, 5.74) is 4.44. The van der Waals surface area contributed by atoms with E-state index in [1.807, 2.05) is 0 Å². The Morgan fingerprint density at radius 3 is 2.11 bits per heavy atom. The number of hydrogen-bond donors (Lipinski definition) is 0. The van der Waals surface area contributed by atoms with E-state index in [9.17, 15) is 0 Å². The van der Waals surface area contributed by atoms with Gasteiger partial charge in [0.15, 0.2) is 0 Å². The lowest BCUT2D eigenvalue weighted by molar-refractivity contribution is 0.313. The van der Waals surface area contributed by atoms with Crippen LogP contribution in [0.4, 0.5) is 5.69 Å². The van der Waals surface area contributed by atoms with Gasteiger partial charge < -0.3 is 9.80 Å². The topological polar surface area (TPSA) is 6.48 Å². The van der Waals surface area contributed by atoms with Crippen LogP contribution in [0.5, 0.6) is 0 Å². The molecule has 1 aromatic carbocycles. The third kappa shape index (κ3) is 3.05. The van der Waals surface area contributed by atoms with Gasteiger partial charge in [-0.25, -0.2) is 0 Å². The molecule has 1 aliphatic heterocycles. The molecule has 0 N–H and O–H groups in total. The Bertz CT molecular complexity index is 410. The average molecular weight is 246 g/mol. The highest BCUT2D eigenvalue weighted by Gasteiger charge is 2.18. The van der Waals surface area contributed by atoms with Gasteiger partial charge in [0.1, 0.15) is 0 Å². The fraction of sp³-hybridized carbons (Fsp3) is 0.625. The lowest BCUT2D eigenvalue weighted by Crippen LogP contribution is -2.44. The van der Waals surface area contributed by atoms with Crippen molar-refractivity contribution in [3.63, 3.8) is 0 Å². The van der Waals surface area contributed by atoms with Crippen molar-refractivity contribution in [3.05, 3.63) is 29.3 Å². The summed E-state index contributed by atoms with van der Waals surface area (Å²) in [4.78, 5) is 4.92. The Labute approximate surface area is 112 Å². The molecule has 100 valence electrons. The van der Waals surface area contributed by atoms with Crippen molar-refractivity contribution in [2.45, 2.75) is 33.1 Å². The predicted molar refractivity (Wildman–Crippen MR) is 79.6 cm³/mol. The summed E-state index contributed by atoms with van der Waals surface area (Å²) >= 11 is 0. The second-order valence-electron chi connectivity index (χ2n) is 6.60. The van der Waals surface area contributed by atoms with Gasteiger partial charge in [-0.2, -0.15) is 0 Å². The van der Waals surface area contributed by atoms with Gasteiger partial charge in [0, 0.05) is 31.9 Å². The number of likely N-dealkylation sites (N-methyl/N-ethyl adjacent to an activating group) is 1. The molecule has 2 rings (SSSR count). The zero-order valence-corrected chi connectivity index (χ0v) is 12.5. The molecule has 0 bridgehead atoms. The maximum Gasteiger partial charge on any atom is 0.0372 e. The maximum atomic E-state index is 2.52. The predicted octanol–water partition coefficient (Wildman–Crippen LogP) is 3.04. The number of hydrogen-bond acceptors (Lipinski definition) is 2. The molecular weight excluding hydrogens is 220 g/mol. The van der Waals surface area contributed by atoms with Crippen LogP contribution in [-0.4, -0.2) is 38.1 Å². The van der Waals surface area contributed by atoms with Gasteiger partial charge in [-0.1, -0.05) is 26.8 Å². The zero-order chi connectivity index (χ0) is 13.3. The third-order valence-corrected chi connectivity index (χ3v) is 3.80. The molecule has 0 radical (unpaired) electrons. The molecule has 1 aliphatic rings. The Hall–Kier alpha value is -1.02. The molecule has 18 heavy (non-hydrogen) atoms. The summed E-state index contributed by atoms with van der Waals surface area (Å²) in [6.07, 6.45) is 0. The van der Waals surface area contributed by atoms with Crippen LogP contribution in [0.3, 0.4) is 0 Å². The minimum atomic E-state index is 0.230. The van der Waals surface area contributed by atoms with Crippen LogP contribution in [0.25, 0.3) is 0 Å². The standard InChI is InChI=1S/C16H26N2/c1-13-10-14(16(2,3)4)12-15(11-13)18-8-6-17(5)7-9-18/h10-12H,6-9H2,1-5H3. The summed E-state index contributed by atoms with van der Waals surface area (Å²) < 4.78 is 0. The van der Waals surface area contributed by atoms with Gasteiger partial charge in [0.25, 0.3) is 0 Å². The van der Waals surface area contributed by atoms with Gasteiger partial charge in [0.05, 0.1) is 0 Å². The van der Waals surface area contributed by atoms with E-state index < -0.39 is 0 Å². The first-order valence-electron chi connectivity index (χ1n) is 6.92. The molecule has 0 spiro atoms. The van der Waals surface area contributed by atoms with E-state index in [0.29, 0.717) is 0 Å². The molecule has 1 heterocycles. The van der Waals surface area contributed by atoms with Crippen LogP contribution < -0.4 is 4.90 Å². The average Bonchev–Trinajstić information content (AvgIpc) is 2.28. The third-order valence-electron chi connectivity index (χ3n) is 3.80. The van der Waals surface area contributed by atoms with Crippen LogP contribution in [0, 0.1) is 6.92 Å².